The Morgan fingerprint density at radius 1 is 1.39 bits per heavy atom. The third kappa shape index (κ3) is 3.64. The van der Waals surface area contributed by atoms with Crippen molar-refractivity contribution in [3.8, 4) is 11.3 Å². The molecule has 0 saturated heterocycles. The van der Waals surface area contributed by atoms with E-state index in [1.165, 1.54) is 10.9 Å². The van der Waals surface area contributed by atoms with Crippen molar-refractivity contribution < 1.29 is 8.42 Å². The van der Waals surface area contributed by atoms with Crippen LogP contribution in [-0.4, -0.2) is 35.4 Å². The van der Waals surface area contributed by atoms with Crippen molar-refractivity contribution in [2.24, 2.45) is 0 Å². The number of hydrogen-bond acceptors (Lipinski definition) is 4. The highest BCUT2D eigenvalue weighted by atomic mass is 79.9. The van der Waals surface area contributed by atoms with E-state index < -0.39 is 9.84 Å². The second-order valence-electron chi connectivity index (χ2n) is 4.01. The Bertz CT molecular complexity index is 652. The Labute approximate surface area is 114 Å². The Hall–Kier alpha value is -1.21. The van der Waals surface area contributed by atoms with Crippen molar-refractivity contribution in [1.29, 1.82) is 0 Å². The molecule has 0 aliphatic carbocycles. The number of halogens is 1. The SMILES string of the molecule is CS(=O)(=O)CCn1cc(-c2cccc(Br)c2)nn1. The lowest BCUT2D eigenvalue weighted by atomic mass is 10.2. The highest BCUT2D eigenvalue weighted by Crippen LogP contribution is 2.20. The van der Waals surface area contributed by atoms with Crippen LogP contribution in [0, 0.1) is 0 Å². The molecular weight excluding hydrogens is 318 g/mol. The second-order valence-corrected chi connectivity index (χ2v) is 7.18. The average molecular weight is 330 g/mol. The van der Waals surface area contributed by atoms with Gasteiger partial charge in [-0.3, -0.25) is 4.68 Å². The van der Waals surface area contributed by atoms with E-state index >= 15 is 0 Å². The summed E-state index contributed by atoms with van der Waals surface area (Å²) in [6.45, 7) is 0.319. The summed E-state index contributed by atoms with van der Waals surface area (Å²) in [5.74, 6) is 0.0638. The number of aryl methyl sites for hydroxylation is 1. The van der Waals surface area contributed by atoms with Gasteiger partial charge in [-0.05, 0) is 12.1 Å². The van der Waals surface area contributed by atoms with Crippen molar-refractivity contribution in [3.63, 3.8) is 0 Å². The summed E-state index contributed by atoms with van der Waals surface area (Å²) in [6, 6.07) is 7.70. The molecule has 1 aromatic carbocycles. The largest absolute Gasteiger partial charge is 0.251 e. The van der Waals surface area contributed by atoms with Crippen molar-refractivity contribution in [1.82, 2.24) is 15.0 Å². The number of hydrogen-bond donors (Lipinski definition) is 0. The first kappa shape index (κ1) is 13.2. The van der Waals surface area contributed by atoms with E-state index in [0.29, 0.717) is 6.54 Å². The van der Waals surface area contributed by atoms with Crippen LogP contribution in [0.5, 0.6) is 0 Å². The molecule has 2 rings (SSSR count). The first-order chi connectivity index (χ1) is 8.44. The summed E-state index contributed by atoms with van der Waals surface area (Å²) >= 11 is 3.39. The van der Waals surface area contributed by atoms with Gasteiger partial charge in [0.2, 0.25) is 0 Å². The van der Waals surface area contributed by atoms with Crippen molar-refractivity contribution in [2.75, 3.05) is 12.0 Å². The zero-order valence-electron chi connectivity index (χ0n) is 9.75. The molecule has 2 aromatic rings. The molecule has 0 fully saturated rings. The topological polar surface area (TPSA) is 64.8 Å². The van der Waals surface area contributed by atoms with Gasteiger partial charge in [0.1, 0.15) is 15.5 Å². The number of rotatable bonds is 4. The van der Waals surface area contributed by atoms with Crippen LogP contribution in [0.4, 0.5) is 0 Å². The van der Waals surface area contributed by atoms with Gasteiger partial charge in [0.15, 0.2) is 0 Å². The summed E-state index contributed by atoms with van der Waals surface area (Å²) < 4.78 is 24.6. The Kier molecular flexibility index (Phi) is 3.82. The minimum absolute atomic E-state index is 0.0638. The summed E-state index contributed by atoms with van der Waals surface area (Å²) in [7, 11) is -2.98. The Balaban J connectivity index is 2.16. The molecule has 0 aliphatic rings. The molecule has 0 amide bonds. The predicted molar refractivity (Wildman–Crippen MR) is 72.9 cm³/mol. The van der Waals surface area contributed by atoms with Crippen LogP contribution in [0.25, 0.3) is 11.3 Å². The number of nitrogens with zero attached hydrogens (tertiary/aromatic N) is 3. The Morgan fingerprint density at radius 3 is 2.83 bits per heavy atom. The van der Waals surface area contributed by atoms with Crippen LogP contribution in [-0.2, 0) is 16.4 Å². The van der Waals surface area contributed by atoms with Gasteiger partial charge in [-0.25, -0.2) is 8.42 Å². The van der Waals surface area contributed by atoms with Crippen LogP contribution in [0.1, 0.15) is 0 Å². The fraction of sp³-hybridized carbons (Fsp3) is 0.273. The molecule has 0 spiro atoms. The second kappa shape index (κ2) is 5.19. The van der Waals surface area contributed by atoms with Crippen LogP contribution >= 0.6 is 15.9 Å². The summed E-state index contributed by atoms with van der Waals surface area (Å²) in [5.41, 5.74) is 1.67. The van der Waals surface area contributed by atoms with Crippen molar-refractivity contribution in [2.45, 2.75) is 6.54 Å². The molecule has 0 N–H and O–H groups in total. The van der Waals surface area contributed by atoms with Gasteiger partial charge in [-0.1, -0.05) is 33.3 Å². The minimum atomic E-state index is -2.98. The van der Waals surface area contributed by atoms with Gasteiger partial charge in [0, 0.05) is 16.3 Å². The van der Waals surface area contributed by atoms with Crippen LogP contribution in [0.3, 0.4) is 0 Å². The maximum atomic E-state index is 11.1. The summed E-state index contributed by atoms with van der Waals surface area (Å²) in [4.78, 5) is 0. The van der Waals surface area contributed by atoms with Crippen LogP contribution in [0.15, 0.2) is 34.9 Å². The predicted octanol–water partition coefficient (Wildman–Crippen LogP) is 1.75. The molecule has 0 unspecified atom stereocenters. The Morgan fingerprint density at radius 2 is 2.17 bits per heavy atom. The lowest BCUT2D eigenvalue weighted by molar-refractivity contribution is 0.579. The highest BCUT2D eigenvalue weighted by molar-refractivity contribution is 9.10. The molecule has 1 aromatic heterocycles. The molecule has 0 radical (unpaired) electrons. The number of sulfone groups is 1. The zero-order chi connectivity index (χ0) is 13.2. The third-order valence-electron chi connectivity index (χ3n) is 2.35. The standard InChI is InChI=1S/C11H12BrN3O2S/c1-18(16,17)6-5-15-8-11(13-14-15)9-3-2-4-10(12)7-9/h2-4,7-8H,5-6H2,1H3. The van der Waals surface area contributed by atoms with E-state index in [2.05, 4.69) is 26.2 Å². The molecule has 0 bridgehead atoms. The van der Waals surface area contributed by atoms with Gasteiger partial charge in [-0.15, -0.1) is 5.10 Å². The number of benzene rings is 1. The van der Waals surface area contributed by atoms with E-state index in [9.17, 15) is 8.42 Å². The van der Waals surface area contributed by atoms with Crippen molar-refractivity contribution in [3.05, 3.63) is 34.9 Å². The first-order valence-corrected chi connectivity index (χ1v) is 8.13. The first-order valence-electron chi connectivity index (χ1n) is 5.28. The van der Waals surface area contributed by atoms with Gasteiger partial charge in [-0.2, -0.15) is 0 Å². The lowest BCUT2D eigenvalue weighted by Crippen LogP contribution is -2.11. The van der Waals surface area contributed by atoms with Gasteiger partial charge in [0.05, 0.1) is 18.5 Å². The summed E-state index contributed by atoms with van der Waals surface area (Å²) in [6.07, 6.45) is 2.95. The van der Waals surface area contributed by atoms with E-state index in [-0.39, 0.29) is 5.75 Å². The zero-order valence-corrected chi connectivity index (χ0v) is 12.1. The fourth-order valence-electron chi connectivity index (χ4n) is 1.45. The molecule has 18 heavy (non-hydrogen) atoms. The van der Waals surface area contributed by atoms with E-state index in [4.69, 9.17) is 0 Å². The monoisotopic (exact) mass is 329 g/mol. The normalized spacial score (nSPS) is 11.7. The van der Waals surface area contributed by atoms with Gasteiger partial charge >= 0.3 is 0 Å². The van der Waals surface area contributed by atoms with E-state index in [1.54, 1.807) is 6.20 Å². The van der Waals surface area contributed by atoms with Crippen LogP contribution < -0.4 is 0 Å². The molecule has 0 saturated carbocycles. The number of aromatic nitrogens is 3. The molecule has 7 heteroatoms. The molecule has 5 nitrogen and oxygen atoms in total. The molecule has 0 atom stereocenters. The summed E-state index contributed by atoms with van der Waals surface area (Å²) in [5, 5.41) is 7.94. The molecule has 1 heterocycles. The maximum Gasteiger partial charge on any atom is 0.149 e. The van der Waals surface area contributed by atoms with Gasteiger partial charge < -0.3 is 0 Å². The quantitative estimate of drug-likeness (QED) is 0.857. The lowest BCUT2D eigenvalue weighted by Gasteiger charge is -1.98. The van der Waals surface area contributed by atoms with Gasteiger partial charge in [0.25, 0.3) is 0 Å². The fourth-order valence-corrected chi connectivity index (χ4v) is 2.37. The smallest absolute Gasteiger partial charge is 0.149 e. The molecule has 96 valence electrons. The van der Waals surface area contributed by atoms with E-state index in [0.717, 1.165) is 15.7 Å². The van der Waals surface area contributed by atoms with Crippen LogP contribution in [0.2, 0.25) is 0 Å². The third-order valence-corrected chi connectivity index (χ3v) is 3.77. The molecular formula is C11H12BrN3O2S. The minimum Gasteiger partial charge on any atom is -0.251 e. The van der Waals surface area contributed by atoms with Crippen molar-refractivity contribution >= 4 is 25.8 Å². The molecule has 0 aliphatic heterocycles. The highest BCUT2D eigenvalue weighted by Gasteiger charge is 2.07. The van der Waals surface area contributed by atoms with E-state index in [1.807, 2.05) is 24.3 Å². The average Bonchev–Trinajstić information content (AvgIpc) is 2.74. The maximum absolute atomic E-state index is 11.1.